The van der Waals surface area contributed by atoms with Gasteiger partial charge in [-0.25, -0.2) is 14.8 Å². The molecule has 0 aliphatic rings. The summed E-state index contributed by atoms with van der Waals surface area (Å²) in [6, 6.07) is 18.6. The molecule has 0 aliphatic carbocycles. The summed E-state index contributed by atoms with van der Waals surface area (Å²) in [5, 5.41) is 9.92. The Morgan fingerprint density at radius 1 is 0.844 bits per heavy atom. The Morgan fingerprint density at radius 3 is 2.22 bits per heavy atom. The van der Waals surface area contributed by atoms with Crippen LogP contribution in [-0.4, -0.2) is 21.0 Å². The summed E-state index contributed by atoms with van der Waals surface area (Å²) >= 11 is 0. The fraction of sp³-hybridized carbons (Fsp3) is 0.130. The van der Waals surface area contributed by atoms with Gasteiger partial charge in [0, 0.05) is 34.3 Å². The molecule has 0 unspecified atom stereocenters. The Hall–Kier alpha value is -3.42. The van der Waals surface area contributed by atoms with Gasteiger partial charge in [0.25, 0.3) is 0 Å². The van der Waals surface area contributed by atoms with E-state index in [1.165, 1.54) is 0 Å². The lowest BCUT2D eigenvalue weighted by Gasteiger charge is -2.11. The second-order valence-corrected chi connectivity index (χ2v) is 6.95. The van der Waals surface area contributed by atoms with Gasteiger partial charge in [-0.05, 0) is 56.3 Å². The van der Waals surface area contributed by atoms with Crippen LogP contribution in [0.2, 0.25) is 0 Å². The van der Waals surface area contributed by atoms with Gasteiger partial charge >= 0.3 is 6.03 Å². The molecule has 0 saturated heterocycles. The average molecular weight is 471 g/mol. The zero-order chi connectivity index (χ0) is 20.9. The maximum absolute atomic E-state index is 12.4. The van der Waals surface area contributed by atoms with Gasteiger partial charge in [0.2, 0.25) is 0 Å². The number of carbonyl (C=O) groups is 1. The Labute approximate surface area is 198 Å². The molecule has 2 heterocycles. The maximum atomic E-state index is 12.4. The standard InChI is InChI=1S/C23H22N6O.2ClH/c1-15-13-16(2)27-22(26-15)14-25-17-7-9-18(10-8-17)28-23(30)29-21-11-12-24-20-6-4-3-5-19(20)21;;/h3-13,25H,14H2,1-2H3,(H2,24,28,29,30);2*1H. The van der Waals surface area contributed by atoms with Crippen molar-refractivity contribution >= 4 is 58.8 Å². The first kappa shape index (κ1) is 24.8. The highest BCUT2D eigenvalue weighted by molar-refractivity contribution is 6.05. The Morgan fingerprint density at radius 2 is 1.50 bits per heavy atom. The molecule has 9 heteroatoms. The fourth-order valence-electron chi connectivity index (χ4n) is 3.22. The quantitative estimate of drug-likeness (QED) is 0.345. The van der Waals surface area contributed by atoms with Gasteiger partial charge in [-0.1, -0.05) is 18.2 Å². The van der Waals surface area contributed by atoms with E-state index in [1.54, 1.807) is 12.3 Å². The van der Waals surface area contributed by atoms with Gasteiger partial charge in [0.1, 0.15) is 5.82 Å². The molecule has 0 bridgehead atoms. The Bertz CT molecular complexity index is 1180. The van der Waals surface area contributed by atoms with Crippen molar-refractivity contribution in [3.63, 3.8) is 0 Å². The number of aromatic nitrogens is 3. The van der Waals surface area contributed by atoms with Crippen LogP contribution >= 0.6 is 24.8 Å². The van der Waals surface area contributed by atoms with Gasteiger partial charge in [-0.2, -0.15) is 0 Å². The van der Waals surface area contributed by atoms with Gasteiger partial charge in [0.05, 0.1) is 17.7 Å². The number of benzene rings is 2. The van der Waals surface area contributed by atoms with E-state index in [-0.39, 0.29) is 30.8 Å². The largest absolute Gasteiger partial charge is 0.378 e. The van der Waals surface area contributed by atoms with Crippen LogP contribution in [0, 0.1) is 13.8 Å². The van der Waals surface area contributed by atoms with Crippen molar-refractivity contribution in [2.45, 2.75) is 20.4 Å². The van der Waals surface area contributed by atoms with E-state index in [9.17, 15) is 4.79 Å². The summed E-state index contributed by atoms with van der Waals surface area (Å²) in [7, 11) is 0. The van der Waals surface area contributed by atoms with Crippen LogP contribution < -0.4 is 16.0 Å². The summed E-state index contributed by atoms with van der Waals surface area (Å²) in [6.07, 6.45) is 1.68. The average Bonchev–Trinajstić information content (AvgIpc) is 2.73. The van der Waals surface area contributed by atoms with Crippen LogP contribution in [0.15, 0.2) is 66.9 Å². The van der Waals surface area contributed by atoms with Crippen molar-refractivity contribution in [2.75, 3.05) is 16.0 Å². The van der Waals surface area contributed by atoms with Crippen molar-refractivity contribution in [1.82, 2.24) is 15.0 Å². The predicted molar refractivity (Wildman–Crippen MR) is 134 cm³/mol. The Kier molecular flexibility index (Phi) is 8.75. The summed E-state index contributed by atoms with van der Waals surface area (Å²) in [6.45, 7) is 4.45. The van der Waals surface area contributed by atoms with Crippen molar-refractivity contribution < 1.29 is 4.79 Å². The van der Waals surface area contributed by atoms with Crippen molar-refractivity contribution in [3.05, 3.63) is 84.1 Å². The minimum absolute atomic E-state index is 0. The van der Waals surface area contributed by atoms with E-state index in [0.29, 0.717) is 17.9 Å². The number of fused-ring (bicyclic) bond motifs is 1. The highest BCUT2D eigenvalue weighted by atomic mass is 35.5. The number of halogens is 2. The lowest BCUT2D eigenvalue weighted by molar-refractivity contribution is 0.262. The summed E-state index contributed by atoms with van der Waals surface area (Å²) < 4.78 is 0. The van der Waals surface area contributed by atoms with Crippen molar-refractivity contribution in [1.29, 1.82) is 0 Å². The summed E-state index contributed by atoms with van der Waals surface area (Å²) in [4.78, 5) is 25.6. The van der Waals surface area contributed by atoms with E-state index < -0.39 is 0 Å². The smallest absolute Gasteiger partial charge is 0.323 e. The highest BCUT2D eigenvalue weighted by Crippen LogP contribution is 2.21. The molecule has 0 aliphatic heterocycles. The number of aryl methyl sites for hydroxylation is 2. The first-order valence-corrected chi connectivity index (χ1v) is 9.64. The van der Waals surface area contributed by atoms with E-state index in [4.69, 9.17) is 0 Å². The molecule has 4 rings (SSSR count). The number of nitrogens with zero attached hydrogens (tertiary/aromatic N) is 3. The second kappa shape index (κ2) is 11.3. The van der Waals surface area contributed by atoms with E-state index >= 15 is 0 Å². The molecule has 0 radical (unpaired) electrons. The fourth-order valence-corrected chi connectivity index (χ4v) is 3.22. The third-order valence-electron chi connectivity index (χ3n) is 4.52. The molecule has 2 aromatic heterocycles. The number of anilines is 3. The van der Waals surface area contributed by atoms with E-state index in [2.05, 4.69) is 30.9 Å². The highest BCUT2D eigenvalue weighted by Gasteiger charge is 2.07. The Balaban J connectivity index is 0.00000181. The van der Waals surface area contributed by atoms with Gasteiger partial charge in [-0.3, -0.25) is 4.98 Å². The number of carbonyl (C=O) groups excluding carboxylic acids is 1. The second-order valence-electron chi connectivity index (χ2n) is 6.95. The molecule has 0 saturated carbocycles. The molecule has 32 heavy (non-hydrogen) atoms. The molecule has 166 valence electrons. The zero-order valence-electron chi connectivity index (χ0n) is 17.6. The van der Waals surface area contributed by atoms with E-state index in [1.807, 2.05) is 68.4 Å². The topological polar surface area (TPSA) is 91.8 Å². The molecule has 4 aromatic rings. The van der Waals surface area contributed by atoms with Gasteiger partial charge in [-0.15, -0.1) is 24.8 Å². The third kappa shape index (κ3) is 6.29. The number of hydrogen-bond acceptors (Lipinski definition) is 5. The molecule has 0 atom stereocenters. The van der Waals surface area contributed by atoms with Crippen LogP contribution in [0.5, 0.6) is 0 Å². The van der Waals surface area contributed by atoms with Crippen molar-refractivity contribution in [3.8, 4) is 0 Å². The molecular formula is C23H24Cl2N6O. The molecule has 2 amide bonds. The molecule has 7 nitrogen and oxygen atoms in total. The van der Waals surface area contributed by atoms with Crippen LogP contribution in [0.4, 0.5) is 21.9 Å². The van der Waals surface area contributed by atoms with Crippen LogP contribution in [0.3, 0.4) is 0 Å². The summed E-state index contributed by atoms with van der Waals surface area (Å²) in [5.41, 5.74) is 5.06. The molecular weight excluding hydrogens is 447 g/mol. The number of pyridine rings is 1. The SMILES string of the molecule is Cc1cc(C)nc(CNc2ccc(NC(=O)Nc3ccnc4ccccc34)cc2)n1.Cl.Cl. The lowest BCUT2D eigenvalue weighted by atomic mass is 10.2. The normalized spacial score (nSPS) is 9.94. The number of para-hydroxylation sites is 1. The monoisotopic (exact) mass is 470 g/mol. The van der Waals surface area contributed by atoms with Crippen LogP contribution in [0.25, 0.3) is 10.9 Å². The number of nitrogens with one attached hydrogen (secondary N) is 3. The van der Waals surface area contributed by atoms with Crippen LogP contribution in [0.1, 0.15) is 17.2 Å². The van der Waals surface area contributed by atoms with Gasteiger partial charge in [0.15, 0.2) is 0 Å². The molecule has 2 aromatic carbocycles. The third-order valence-corrected chi connectivity index (χ3v) is 4.52. The molecule has 0 spiro atoms. The number of urea groups is 1. The van der Waals surface area contributed by atoms with Crippen LogP contribution in [-0.2, 0) is 6.54 Å². The minimum Gasteiger partial charge on any atom is -0.378 e. The number of hydrogen-bond donors (Lipinski definition) is 3. The van der Waals surface area contributed by atoms with Gasteiger partial charge < -0.3 is 16.0 Å². The predicted octanol–water partition coefficient (Wildman–Crippen LogP) is 5.74. The maximum Gasteiger partial charge on any atom is 0.323 e. The number of rotatable bonds is 5. The molecule has 3 N–H and O–H groups in total. The van der Waals surface area contributed by atoms with Crippen molar-refractivity contribution in [2.24, 2.45) is 0 Å². The first-order valence-electron chi connectivity index (χ1n) is 9.64. The summed E-state index contributed by atoms with van der Waals surface area (Å²) in [5.74, 6) is 0.749. The first-order chi connectivity index (χ1) is 14.6. The lowest BCUT2D eigenvalue weighted by Crippen LogP contribution is -2.19. The minimum atomic E-state index is -0.310. The van der Waals surface area contributed by atoms with E-state index in [0.717, 1.165) is 33.8 Å². The number of amides is 2. The molecule has 0 fully saturated rings. The zero-order valence-corrected chi connectivity index (χ0v) is 19.3.